The second-order valence-corrected chi connectivity index (χ2v) is 5.04. The predicted molar refractivity (Wildman–Crippen MR) is 68.7 cm³/mol. The number of benzene rings is 1. The molecule has 0 saturated carbocycles. The van der Waals surface area contributed by atoms with E-state index in [0.717, 1.165) is 0 Å². The molecular weight excluding hydrogens is 200 g/mol. The average molecular weight is 222 g/mol. The number of ether oxygens (including phenoxy) is 1. The maximum atomic E-state index is 5.83. The summed E-state index contributed by atoms with van der Waals surface area (Å²) in [7, 11) is 4.06. The topological polar surface area (TPSA) is 38.5 Å². The van der Waals surface area contributed by atoms with E-state index in [4.69, 9.17) is 10.5 Å². The number of hydrogen-bond acceptors (Lipinski definition) is 3. The molecule has 0 aromatic heterocycles. The summed E-state index contributed by atoms with van der Waals surface area (Å²) in [6, 6.07) is 8.34. The van der Waals surface area contributed by atoms with Crippen molar-refractivity contribution in [3.05, 3.63) is 29.8 Å². The van der Waals surface area contributed by atoms with E-state index in [1.54, 1.807) is 0 Å². The Hall–Kier alpha value is -1.06. The van der Waals surface area contributed by atoms with Crippen LogP contribution in [0.5, 0.6) is 0 Å². The Morgan fingerprint density at radius 3 is 2.19 bits per heavy atom. The first-order valence-electron chi connectivity index (χ1n) is 5.51. The summed E-state index contributed by atoms with van der Waals surface area (Å²) in [5.41, 5.74) is 7.94. The van der Waals surface area contributed by atoms with Crippen molar-refractivity contribution < 1.29 is 4.74 Å². The molecule has 0 bridgehead atoms. The van der Waals surface area contributed by atoms with Gasteiger partial charge in [-0.3, -0.25) is 0 Å². The monoisotopic (exact) mass is 222 g/mol. The van der Waals surface area contributed by atoms with E-state index < -0.39 is 0 Å². The summed E-state index contributed by atoms with van der Waals surface area (Å²) < 4.78 is 5.55. The summed E-state index contributed by atoms with van der Waals surface area (Å²) in [4.78, 5) is 2.08. The first-order valence-corrected chi connectivity index (χ1v) is 5.51. The zero-order valence-corrected chi connectivity index (χ0v) is 10.7. The minimum absolute atomic E-state index is 0.260. The Morgan fingerprint density at radius 1 is 1.19 bits per heavy atom. The lowest BCUT2D eigenvalue weighted by atomic mass is 10.1. The summed E-state index contributed by atoms with van der Waals surface area (Å²) in [6.07, 6.45) is 0. The Bertz CT molecular complexity index is 312. The molecule has 0 atom stereocenters. The van der Waals surface area contributed by atoms with Gasteiger partial charge in [-0.05, 0) is 31.5 Å². The normalized spacial score (nSPS) is 11.6. The van der Waals surface area contributed by atoms with E-state index in [-0.39, 0.29) is 5.54 Å². The third-order valence-electron chi connectivity index (χ3n) is 2.20. The highest BCUT2D eigenvalue weighted by molar-refractivity contribution is 5.45. The SMILES string of the molecule is CN(C)c1ccc(COCC(C)(C)N)cc1. The molecule has 0 amide bonds. The van der Waals surface area contributed by atoms with Crippen molar-refractivity contribution in [2.75, 3.05) is 25.6 Å². The molecule has 2 N–H and O–H groups in total. The molecule has 0 aliphatic heterocycles. The van der Waals surface area contributed by atoms with Gasteiger partial charge in [0.2, 0.25) is 0 Å². The zero-order valence-electron chi connectivity index (χ0n) is 10.7. The molecule has 1 aromatic carbocycles. The molecule has 90 valence electrons. The van der Waals surface area contributed by atoms with Crippen molar-refractivity contribution in [2.45, 2.75) is 26.0 Å². The molecule has 1 rings (SSSR count). The van der Waals surface area contributed by atoms with Crippen LogP contribution in [0.2, 0.25) is 0 Å². The Morgan fingerprint density at radius 2 is 1.75 bits per heavy atom. The second-order valence-electron chi connectivity index (χ2n) is 5.04. The minimum Gasteiger partial charge on any atom is -0.378 e. The molecule has 0 unspecified atom stereocenters. The van der Waals surface area contributed by atoms with Gasteiger partial charge in [-0.15, -0.1) is 0 Å². The minimum atomic E-state index is -0.260. The molecule has 0 heterocycles. The van der Waals surface area contributed by atoms with Crippen molar-refractivity contribution >= 4 is 5.69 Å². The maximum absolute atomic E-state index is 5.83. The number of anilines is 1. The largest absolute Gasteiger partial charge is 0.378 e. The average Bonchev–Trinajstić information content (AvgIpc) is 2.16. The number of rotatable bonds is 5. The highest BCUT2D eigenvalue weighted by Crippen LogP contribution is 2.13. The van der Waals surface area contributed by atoms with Gasteiger partial charge in [0.1, 0.15) is 0 Å². The van der Waals surface area contributed by atoms with Crippen molar-refractivity contribution in [1.82, 2.24) is 0 Å². The maximum Gasteiger partial charge on any atom is 0.0717 e. The van der Waals surface area contributed by atoms with Gasteiger partial charge in [0.25, 0.3) is 0 Å². The molecule has 0 fully saturated rings. The van der Waals surface area contributed by atoms with Crippen molar-refractivity contribution in [3.63, 3.8) is 0 Å². The van der Waals surface area contributed by atoms with Crippen LogP contribution in [0.1, 0.15) is 19.4 Å². The van der Waals surface area contributed by atoms with E-state index in [9.17, 15) is 0 Å². The third kappa shape index (κ3) is 4.64. The van der Waals surface area contributed by atoms with Crippen LogP contribution >= 0.6 is 0 Å². The highest BCUT2D eigenvalue weighted by atomic mass is 16.5. The summed E-state index contributed by atoms with van der Waals surface area (Å²) >= 11 is 0. The smallest absolute Gasteiger partial charge is 0.0717 e. The molecule has 0 aliphatic carbocycles. The fourth-order valence-corrected chi connectivity index (χ4v) is 1.32. The highest BCUT2D eigenvalue weighted by Gasteiger charge is 2.10. The lowest BCUT2D eigenvalue weighted by Crippen LogP contribution is -2.37. The van der Waals surface area contributed by atoms with Gasteiger partial charge < -0.3 is 15.4 Å². The fourth-order valence-electron chi connectivity index (χ4n) is 1.32. The number of nitrogens with zero attached hydrogens (tertiary/aromatic N) is 1. The molecule has 3 heteroatoms. The predicted octanol–water partition coefficient (Wildman–Crippen LogP) is 2.01. The fraction of sp³-hybridized carbons (Fsp3) is 0.538. The van der Waals surface area contributed by atoms with Crippen LogP contribution in [0.15, 0.2) is 24.3 Å². The zero-order chi connectivity index (χ0) is 12.2. The second kappa shape index (κ2) is 5.32. The summed E-state index contributed by atoms with van der Waals surface area (Å²) in [5.74, 6) is 0. The molecule has 1 aromatic rings. The molecule has 3 nitrogen and oxygen atoms in total. The molecular formula is C13H22N2O. The third-order valence-corrected chi connectivity index (χ3v) is 2.20. The molecule has 0 aliphatic rings. The van der Waals surface area contributed by atoms with Crippen LogP contribution < -0.4 is 10.6 Å². The van der Waals surface area contributed by atoms with Gasteiger partial charge in [-0.25, -0.2) is 0 Å². The van der Waals surface area contributed by atoms with Crippen LogP contribution in [-0.2, 0) is 11.3 Å². The molecule has 0 radical (unpaired) electrons. The van der Waals surface area contributed by atoms with E-state index >= 15 is 0 Å². The van der Waals surface area contributed by atoms with E-state index in [0.29, 0.717) is 13.2 Å². The van der Waals surface area contributed by atoms with E-state index in [1.165, 1.54) is 11.3 Å². The Balaban J connectivity index is 2.44. The van der Waals surface area contributed by atoms with E-state index in [1.807, 2.05) is 27.9 Å². The lowest BCUT2D eigenvalue weighted by Gasteiger charge is -2.18. The summed E-state index contributed by atoms with van der Waals surface area (Å²) in [5, 5.41) is 0. The van der Waals surface area contributed by atoms with E-state index in [2.05, 4.69) is 29.2 Å². The molecule has 0 saturated heterocycles. The Labute approximate surface area is 98.2 Å². The van der Waals surface area contributed by atoms with Crippen molar-refractivity contribution in [2.24, 2.45) is 5.73 Å². The van der Waals surface area contributed by atoms with Gasteiger partial charge in [-0.2, -0.15) is 0 Å². The first kappa shape index (κ1) is 13.0. The number of nitrogens with two attached hydrogens (primary N) is 1. The molecule has 0 spiro atoms. The van der Waals surface area contributed by atoms with Crippen LogP contribution in [0.25, 0.3) is 0 Å². The van der Waals surface area contributed by atoms with Gasteiger partial charge in [0.05, 0.1) is 13.2 Å². The van der Waals surface area contributed by atoms with Gasteiger partial charge in [-0.1, -0.05) is 12.1 Å². The van der Waals surface area contributed by atoms with Gasteiger partial charge in [0.15, 0.2) is 0 Å². The van der Waals surface area contributed by atoms with Crippen LogP contribution in [0.3, 0.4) is 0 Å². The van der Waals surface area contributed by atoms with Crippen LogP contribution in [0, 0.1) is 0 Å². The van der Waals surface area contributed by atoms with Crippen molar-refractivity contribution in [3.8, 4) is 0 Å². The number of hydrogen-bond donors (Lipinski definition) is 1. The van der Waals surface area contributed by atoms with Crippen LogP contribution in [0.4, 0.5) is 5.69 Å². The van der Waals surface area contributed by atoms with Crippen molar-refractivity contribution in [1.29, 1.82) is 0 Å². The standard InChI is InChI=1S/C13H22N2O/c1-13(2,14)10-16-9-11-5-7-12(8-6-11)15(3)4/h5-8H,9-10,14H2,1-4H3. The first-order chi connectivity index (χ1) is 7.38. The summed E-state index contributed by atoms with van der Waals surface area (Å²) in [6.45, 7) is 5.11. The van der Waals surface area contributed by atoms with Gasteiger partial charge >= 0.3 is 0 Å². The molecule has 16 heavy (non-hydrogen) atoms. The lowest BCUT2D eigenvalue weighted by molar-refractivity contribution is 0.0851. The Kier molecular flexibility index (Phi) is 4.33. The van der Waals surface area contributed by atoms with Gasteiger partial charge in [0, 0.05) is 25.3 Å². The quantitative estimate of drug-likeness (QED) is 0.828. The van der Waals surface area contributed by atoms with Crippen LogP contribution in [-0.4, -0.2) is 26.2 Å².